The maximum absolute atomic E-state index is 9.98. The van der Waals surface area contributed by atoms with E-state index in [1.54, 1.807) is 0 Å². The van der Waals surface area contributed by atoms with Crippen LogP contribution >= 0.6 is 0 Å². The summed E-state index contributed by atoms with van der Waals surface area (Å²) in [7, 11) is 0. The van der Waals surface area contributed by atoms with Gasteiger partial charge in [0.2, 0.25) is 0 Å². The Morgan fingerprint density at radius 3 is 2.82 bits per heavy atom. The minimum atomic E-state index is 0.613. The quantitative estimate of drug-likeness (QED) is 0.328. The highest BCUT2D eigenvalue weighted by molar-refractivity contribution is 5.83. The average Bonchev–Trinajstić information content (AvgIpc) is 2.01. The van der Waals surface area contributed by atoms with Crippen LogP contribution in [0, 0.1) is 0 Å². The minimum Gasteiger partial charge on any atom is -0.303 e. The van der Waals surface area contributed by atoms with Crippen molar-refractivity contribution in [2.75, 3.05) is 6.54 Å². The van der Waals surface area contributed by atoms with Crippen LogP contribution in [0.25, 0.3) is 0 Å². The van der Waals surface area contributed by atoms with Crippen molar-refractivity contribution in [3.8, 4) is 0 Å². The molecule has 0 aliphatic rings. The van der Waals surface area contributed by atoms with Gasteiger partial charge in [-0.2, -0.15) is 0 Å². The van der Waals surface area contributed by atoms with Gasteiger partial charge in [-0.05, 0) is 19.8 Å². The Hall–Kier alpha value is -0.660. The van der Waals surface area contributed by atoms with Gasteiger partial charge in [0.05, 0.1) is 0 Å². The zero-order valence-electron chi connectivity index (χ0n) is 7.47. The molecule has 0 unspecified atom stereocenters. The molecule has 0 fully saturated rings. The third-order valence-corrected chi connectivity index (χ3v) is 1.52. The highest BCUT2D eigenvalue weighted by Gasteiger charge is 1.89. The van der Waals surface area contributed by atoms with E-state index in [1.165, 1.54) is 6.42 Å². The normalized spacial score (nSPS) is 11.6. The van der Waals surface area contributed by atoms with E-state index >= 15 is 0 Å². The monoisotopic (exact) mass is 155 g/mol. The van der Waals surface area contributed by atoms with Crippen molar-refractivity contribution in [2.45, 2.75) is 39.5 Å². The molecule has 11 heavy (non-hydrogen) atoms. The first-order valence-corrected chi connectivity index (χ1v) is 4.24. The van der Waals surface area contributed by atoms with Gasteiger partial charge in [0.1, 0.15) is 6.29 Å². The number of unbranched alkanes of at least 4 members (excludes halogenated alkanes) is 1. The number of rotatable bonds is 6. The van der Waals surface area contributed by atoms with Gasteiger partial charge >= 0.3 is 0 Å². The molecule has 0 radical (unpaired) electrons. The van der Waals surface area contributed by atoms with E-state index in [2.05, 4.69) is 11.9 Å². The standard InChI is InChI=1S/C9H17NO/c1-3-4-7-10-9(2)6-5-8-11/h8H,3-7H2,1-2H3/b10-9-. The van der Waals surface area contributed by atoms with Gasteiger partial charge in [-0.25, -0.2) is 0 Å². The van der Waals surface area contributed by atoms with Crippen molar-refractivity contribution in [2.24, 2.45) is 4.99 Å². The number of nitrogens with zero attached hydrogens (tertiary/aromatic N) is 1. The maximum Gasteiger partial charge on any atom is 0.120 e. The van der Waals surface area contributed by atoms with Crippen molar-refractivity contribution in [3.63, 3.8) is 0 Å². The van der Waals surface area contributed by atoms with Gasteiger partial charge in [-0.3, -0.25) is 4.99 Å². The second-order valence-corrected chi connectivity index (χ2v) is 2.68. The largest absolute Gasteiger partial charge is 0.303 e. The Morgan fingerprint density at radius 1 is 1.55 bits per heavy atom. The van der Waals surface area contributed by atoms with Gasteiger partial charge in [-0.15, -0.1) is 0 Å². The van der Waals surface area contributed by atoms with Crippen LogP contribution in [0.15, 0.2) is 4.99 Å². The Bertz CT molecular complexity index is 130. The number of aldehydes is 1. The number of carbonyl (C=O) groups excluding carboxylic acids is 1. The lowest BCUT2D eigenvalue weighted by molar-refractivity contribution is -0.107. The smallest absolute Gasteiger partial charge is 0.120 e. The third kappa shape index (κ3) is 7.23. The lowest BCUT2D eigenvalue weighted by Gasteiger charge is -1.95. The SMILES string of the molecule is CCCC/N=C(/C)CCC=O. The van der Waals surface area contributed by atoms with Crippen molar-refractivity contribution < 1.29 is 4.79 Å². The molecule has 0 saturated carbocycles. The van der Waals surface area contributed by atoms with Gasteiger partial charge in [0.25, 0.3) is 0 Å². The van der Waals surface area contributed by atoms with E-state index in [0.29, 0.717) is 6.42 Å². The molecule has 0 bridgehead atoms. The molecule has 0 aromatic carbocycles. The average molecular weight is 155 g/mol. The summed E-state index contributed by atoms with van der Waals surface area (Å²) in [4.78, 5) is 14.3. The fourth-order valence-corrected chi connectivity index (χ4v) is 0.775. The predicted molar refractivity (Wildman–Crippen MR) is 48.2 cm³/mol. The van der Waals surface area contributed by atoms with Crippen LogP contribution in [0.2, 0.25) is 0 Å². The van der Waals surface area contributed by atoms with Crippen LogP contribution < -0.4 is 0 Å². The minimum absolute atomic E-state index is 0.613. The van der Waals surface area contributed by atoms with Crippen LogP contribution in [0.3, 0.4) is 0 Å². The van der Waals surface area contributed by atoms with Crippen LogP contribution in [-0.4, -0.2) is 18.5 Å². The molecule has 0 N–H and O–H groups in total. The fraction of sp³-hybridized carbons (Fsp3) is 0.778. The lowest BCUT2D eigenvalue weighted by atomic mass is 10.2. The first kappa shape index (κ1) is 10.3. The summed E-state index contributed by atoms with van der Waals surface area (Å²) < 4.78 is 0. The molecule has 0 aliphatic heterocycles. The third-order valence-electron chi connectivity index (χ3n) is 1.52. The molecule has 2 heteroatoms. The Balaban J connectivity index is 3.37. The fourth-order valence-electron chi connectivity index (χ4n) is 0.775. The molecule has 0 aromatic heterocycles. The van der Waals surface area contributed by atoms with Crippen molar-refractivity contribution in [1.82, 2.24) is 0 Å². The zero-order valence-corrected chi connectivity index (χ0v) is 7.47. The number of hydrogen-bond donors (Lipinski definition) is 0. The molecule has 0 atom stereocenters. The van der Waals surface area contributed by atoms with Crippen LogP contribution in [-0.2, 0) is 4.79 Å². The highest BCUT2D eigenvalue weighted by atomic mass is 16.1. The topological polar surface area (TPSA) is 29.4 Å². The molecule has 0 aromatic rings. The number of carbonyl (C=O) groups is 1. The second-order valence-electron chi connectivity index (χ2n) is 2.68. The summed E-state index contributed by atoms with van der Waals surface area (Å²) in [6, 6.07) is 0. The van der Waals surface area contributed by atoms with E-state index in [4.69, 9.17) is 0 Å². The summed E-state index contributed by atoms with van der Waals surface area (Å²) in [6.07, 6.45) is 4.72. The molecule has 0 rings (SSSR count). The second kappa shape index (κ2) is 7.45. The summed E-state index contributed by atoms with van der Waals surface area (Å²) in [5.41, 5.74) is 1.10. The molecule has 0 heterocycles. The number of hydrogen-bond acceptors (Lipinski definition) is 2. The first-order valence-electron chi connectivity index (χ1n) is 4.24. The van der Waals surface area contributed by atoms with E-state index in [9.17, 15) is 4.79 Å². The van der Waals surface area contributed by atoms with Crippen LogP contribution in [0.4, 0.5) is 0 Å². The van der Waals surface area contributed by atoms with Crippen molar-refractivity contribution >= 4 is 12.0 Å². The van der Waals surface area contributed by atoms with Gasteiger partial charge < -0.3 is 4.79 Å². The first-order chi connectivity index (χ1) is 5.31. The van der Waals surface area contributed by atoms with Gasteiger partial charge in [0, 0.05) is 18.7 Å². The number of aliphatic imine (C=N–C) groups is 1. The van der Waals surface area contributed by atoms with E-state index in [-0.39, 0.29) is 0 Å². The predicted octanol–water partition coefficient (Wildman–Crippen LogP) is 2.23. The highest BCUT2D eigenvalue weighted by Crippen LogP contribution is 1.93. The summed E-state index contributed by atoms with van der Waals surface area (Å²) >= 11 is 0. The Kier molecular flexibility index (Phi) is 7.00. The molecule has 2 nitrogen and oxygen atoms in total. The van der Waals surface area contributed by atoms with Crippen LogP contribution in [0.5, 0.6) is 0 Å². The van der Waals surface area contributed by atoms with E-state index < -0.39 is 0 Å². The summed E-state index contributed by atoms with van der Waals surface area (Å²) in [5.74, 6) is 0. The van der Waals surface area contributed by atoms with Gasteiger partial charge in [0.15, 0.2) is 0 Å². The summed E-state index contributed by atoms with van der Waals surface area (Å²) in [5, 5.41) is 0. The van der Waals surface area contributed by atoms with Gasteiger partial charge in [-0.1, -0.05) is 13.3 Å². The Labute approximate surface area is 68.7 Å². The molecule has 0 aliphatic carbocycles. The lowest BCUT2D eigenvalue weighted by Crippen LogP contribution is -1.93. The zero-order chi connectivity index (χ0) is 8.53. The van der Waals surface area contributed by atoms with E-state index in [1.807, 2.05) is 6.92 Å². The molecule has 64 valence electrons. The maximum atomic E-state index is 9.98. The van der Waals surface area contributed by atoms with Crippen molar-refractivity contribution in [1.29, 1.82) is 0 Å². The molecule has 0 spiro atoms. The van der Waals surface area contributed by atoms with E-state index in [0.717, 1.165) is 31.4 Å². The summed E-state index contributed by atoms with van der Waals surface area (Å²) in [6.45, 7) is 5.05. The molecular weight excluding hydrogens is 138 g/mol. The molecule has 0 saturated heterocycles. The Morgan fingerprint density at radius 2 is 2.27 bits per heavy atom. The van der Waals surface area contributed by atoms with Crippen LogP contribution in [0.1, 0.15) is 39.5 Å². The molecular formula is C9H17NO. The van der Waals surface area contributed by atoms with Crippen molar-refractivity contribution in [3.05, 3.63) is 0 Å². The molecule has 0 amide bonds.